The average molecular weight is 442 g/mol. The van der Waals surface area contributed by atoms with Crippen molar-refractivity contribution >= 4 is 40.2 Å². The van der Waals surface area contributed by atoms with E-state index >= 15 is 0 Å². The third-order valence-corrected chi connectivity index (χ3v) is 6.76. The number of imide groups is 1. The molecule has 2 heterocycles. The summed E-state index contributed by atoms with van der Waals surface area (Å²) in [6.07, 6.45) is 2.97. The van der Waals surface area contributed by atoms with Gasteiger partial charge in [0.15, 0.2) is 0 Å². The van der Waals surface area contributed by atoms with Crippen molar-refractivity contribution in [1.29, 1.82) is 0 Å². The van der Waals surface area contributed by atoms with Crippen molar-refractivity contribution in [2.45, 2.75) is 28.7 Å². The van der Waals surface area contributed by atoms with Gasteiger partial charge in [0, 0.05) is 33.4 Å². The average Bonchev–Trinajstić information content (AvgIpc) is 3.35. The number of hydrogen-bond acceptors (Lipinski definition) is 4. The maximum atomic E-state index is 13.2. The number of carbonyl (C=O) groups is 2. The van der Waals surface area contributed by atoms with Crippen molar-refractivity contribution in [3.05, 3.63) is 90.6 Å². The molecule has 2 amide bonds. The van der Waals surface area contributed by atoms with Gasteiger partial charge in [-0.05, 0) is 42.3 Å². The van der Waals surface area contributed by atoms with Gasteiger partial charge in [-0.25, -0.2) is 4.90 Å². The first kappa shape index (κ1) is 20.5. The van der Waals surface area contributed by atoms with Crippen LogP contribution in [-0.2, 0) is 16.0 Å². The molecule has 1 fully saturated rings. The standard InChI is InChI=1S/C26H23N3O2S/c30-25-16-22(27-15-14-18-17-28-21-11-5-4-10-20(18)21)26(31)29(25)23-12-6-7-13-24(23)32-19-8-2-1-3-9-19/h1-13,17,22,27-28H,14-16H2. The van der Waals surface area contributed by atoms with Gasteiger partial charge in [0.05, 0.1) is 18.2 Å². The van der Waals surface area contributed by atoms with Gasteiger partial charge in [-0.1, -0.05) is 60.3 Å². The molecule has 1 aromatic heterocycles. The Hall–Kier alpha value is -3.35. The molecule has 3 aromatic carbocycles. The maximum absolute atomic E-state index is 13.2. The molecule has 1 saturated heterocycles. The Bertz CT molecular complexity index is 1270. The molecule has 0 radical (unpaired) electrons. The Balaban J connectivity index is 1.28. The Labute approximate surface area is 190 Å². The third-order valence-electron chi connectivity index (χ3n) is 5.68. The molecule has 0 spiro atoms. The SMILES string of the molecule is O=C1CC(NCCc2c[nH]c3ccccc23)C(=O)N1c1ccccc1Sc1ccccc1. The molecule has 4 aromatic rings. The van der Waals surface area contributed by atoms with Crippen molar-refractivity contribution in [1.82, 2.24) is 10.3 Å². The van der Waals surface area contributed by atoms with Gasteiger partial charge in [-0.3, -0.25) is 9.59 Å². The highest BCUT2D eigenvalue weighted by atomic mass is 32.2. The lowest BCUT2D eigenvalue weighted by molar-refractivity contribution is -0.121. The van der Waals surface area contributed by atoms with Crippen LogP contribution >= 0.6 is 11.8 Å². The zero-order valence-corrected chi connectivity index (χ0v) is 18.3. The summed E-state index contributed by atoms with van der Waals surface area (Å²) in [5.74, 6) is -0.351. The summed E-state index contributed by atoms with van der Waals surface area (Å²) in [6.45, 7) is 0.625. The number of aromatic nitrogens is 1. The van der Waals surface area contributed by atoms with Gasteiger partial charge < -0.3 is 10.3 Å². The minimum atomic E-state index is -0.498. The molecule has 1 unspecified atom stereocenters. The van der Waals surface area contributed by atoms with E-state index in [1.54, 1.807) is 11.8 Å². The van der Waals surface area contributed by atoms with Crippen molar-refractivity contribution in [2.75, 3.05) is 11.4 Å². The van der Waals surface area contributed by atoms with Gasteiger partial charge in [-0.2, -0.15) is 0 Å². The minimum Gasteiger partial charge on any atom is -0.361 e. The van der Waals surface area contributed by atoms with Crippen LogP contribution in [0, 0.1) is 0 Å². The molecule has 1 aliphatic rings. The molecule has 0 bridgehead atoms. The van der Waals surface area contributed by atoms with Crippen LogP contribution in [0.4, 0.5) is 5.69 Å². The molecule has 0 saturated carbocycles. The van der Waals surface area contributed by atoms with Gasteiger partial charge in [0.1, 0.15) is 0 Å². The van der Waals surface area contributed by atoms with Crippen molar-refractivity contribution in [3.8, 4) is 0 Å². The number of anilines is 1. The van der Waals surface area contributed by atoms with Crippen molar-refractivity contribution < 1.29 is 9.59 Å². The van der Waals surface area contributed by atoms with Crippen LogP contribution in [0.25, 0.3) is 10.9 Å². The lowest BCUT2D eigenvalue weighted by Gasteiger charge is -2.19. The van der Waals surface area contributed by atoms with Crippen LogP contribution in [0.3, 0.4) is 0 Å². The van der Waals surface area contributed by atoms with Crippen molar-refractivity contribution in [3.63, 3.8) is 0 Å². The highest BCUT2D eigenvalue weighted by molar-refractivity contribution is 7.99. The van der Waals surface area contributed by atoms with Gasteiger partial charge in [-0.15, -0.1) is 0 Å². The van der Waals surface area contributed by atoms with Crippen LogP contribution in [0.5, 0.6) is 0 Å². The first-order valence-corrected chi connectivity index (χ1v) is 11.5. The van der Waals surface area contributed by atoms with E-state index in [9.17, 15) is 9.59 Å². The molecule has 5 nitrogen and oxygen atoms in total. The zero-order chi connectivity index (χ0) is 21.9. The van der Waals surface area contributed by atoms with E-state index in [2.05, 4.69) is 16.4 Å². The van der Waals surface area contributed by atoms with E-state index in [0.717, 1.165) is 21.7 Å². The van der Waals surface area contributed by atoms with Gasteiger partial charge in [0.25, 0.3) is 5.91 Å². The van der Waals surface area contributed by atoms with Crippen LogP contribution in [-0.4, -0.2) is 29.4 Å². The highest BCUT2D eigenvalue weighted by Gasteiger charge is 2.40. The Morgan fingerprint density at radius 1 is 0.938 bits per heavy atom. The van der Waals surface area contributed by atoms with Crippen LogP contribution in [0.1, 0.15) is 12.0 Å². The second-order valence-electron chi connectivity index (χ2n) is 7.77. The molecule has 32 heavy (non-hydrogen) atoms. The fraction of sp³-hybridized carbons (Fsp3) is 0.154. The van der Waals surface area contributed by atoms with E-state index < -0.39 is 6.04 Å². The largest absolute Gasteiger partial charge is 0.361 e. The Morgan fingerprint density at radius 2 is 1.69 bits per heavy atom. The predicted octanol–water partition coefficient (Wildman–Crippen LogP) is 4.78. The lowest BCUT2D eigenvalue weighted by atomic mass is 10.1. The minimum absolute atomic E-state index is 0.166. The predicted molar refractivity (Wildman–Crippen MR) is 128 cm³/mol. The monoisotopic (exact) mass is 441 g/mol. The number of nitrogens with one attached hydrogen (secondary N) is 2. The Kier molecular flexibility index (Phi) is 5.79. The number of H-pyrrole nitrogens is 1. The molecule has 6 heteroatoms. The summed E-state index contributed by atoms with van der Waals surface area (Å²) in [5.41, 5.74) is 2.96. The molecule has 160 valence electrons. The summed E-state index contributed by atoms with van der Waals surface area (Å²) in [5, 5.41) is 4.49. The smallest absolute Gasteiger partial charge is 0.251 e. The lowest BCUT2D eigenvalue weighted by Crippen LogP contribution is -2.39. The highest BCUT2D eigenvalue weighted by Crippen LogP contribution is 2.37. The van der Waals surface area contributed by atoms with Gasteiger partial charge in [0.2, 0.25) is 5.91 Å². The topological polar surface area (TPSA) is 65.2 Å². The van der Waals surface area contributed by atoms with Crippen LogP contribution in [0.15, 0.2) is 94.9 Å². The number of amides is 2. The molecule has 1 aliphatic heterocycles. The summed E-state index contributed by atoms with van der Waals surface area (Å²) >= 11 is 1.55. The second kappa shape index (κ2) is 9.02. The van der Waals surface area contributed by atoms with E-state index in [1.807, 2.05) is 79.0 Å². The molecule has 2 N–H and O–H groups in total. The van der Waals surface area contributed by atoms with Gasteiger partial charge >= 0.3 is 0 Å². The van der Waals surface area contributed by atoms with Crippen molar-refractivity contribution in [2.24, 2.45) is 0 Å². The summed E-state index contributed by atoms with van der Waals surface area (Å²) in [6, 6.07) is 25.2. The third kappa shape index (κ3) is 4.07. The number of nitrogens with zero attached hydrogens (tertiary/aromatic N) is 1. The number of hydrogen-bond donors (Lipinski definition) is 2. The summed E-state index contributed by atoms with van der Waals surface area (Å²) in [7, 11) is 0. The first-order valence-electron chi connectivity index (χ1n) is 10.7. The van der Waals surface area contributed by atoms with Crippen LogP contribution < -0.4 is 10.2 Å². The molecular weight excluding hydrogens is 418 g/mol. The number of carbonyl (C=O) groups excluding carboxylic acids is 2. The molecular formula is C26H23N3O2S. The number of benzene rings is 3. The van der Waals surface area contributed by atoms with E-state index in [4.69, 9.17) is 0 Å². The van der Waals surface area contributed by atoms with Crippen LogP contribution in [0.2, 0.25) is 0 Å². The molecule has 1 atom stereocenters. The van der Waals surface area contributed by atoms with E-state index in [0.29, 0.717) is 12.2 Å². The molecule has 0 aliphatic carbocycles. The fourth-order valence-corrected chi connectivity index (χ4v) is 5.07. The second-order valence-corrected chi connectivity index (χ2v) is 8.89. The normalized spacial score (nSPS) is 16.2. The maximum Gasteiger partial charge on any atom is 0.251 e. The molecule has 5 rings (SSSR count). The first-order chi connectivity index (χ1) is 15.7. The fourth-order valence-electron chi connectivity index (χ4n) is 4.11. The van der Waals surface area contributed by atoms with E-state index in [1.165, 1.54) is 15.8 Å². The Morgan fingerprint density at radius 3 is 2.56 bits per heavy atom. The number of rotatable bonds is 7. The summed E-state index contributed by atoms with van der Waals surface area (Å²) < 4.78 is 0. The zero-order valence-electron chi connectivity index (χ0n) is 17.5. The quantitative estimate of drug-likeness (QED) is 0.405. The number of fused-ring (bicyclic) bond motifs is 1. The number of para-hydroxylation sites is 2. The number of aromatic amines is 1. The summed E-state index contributed by atoms with van der Waals surface area (Å²) in [4.78, 5) is 32.5. The van der Waals surface area contributed by atoms with E-state index in [-0.39, 0.29) is 18.2 Å².